The van der Waals surface area contributed by atoms with Crippen molar-refractivity contribution in [3.05, 3.63) is 42.7 Å². The van der Waals surface area contributed by atoms with Gasteiger partial charge in [0.2, 0.25) is 11.9 Å². The van der Waals surface area contributed by atoms with Crippen molar-refractivity contribution in [2.45, 2.75) is 6.92 Å². The highest BCUT2D eigenvalue weighted by Crippen LogP contribution is 2.28. The van der Waals surface area contributed by atoms with E-state index >= 15 is 0 Å². The Bertz CT molecular complexity index is 863. The first-order chi connectivity index (χ1) is 11.6. The molecule has 3 aromatic rings. The number of amides is 1. The minimum atomic E-state index is -0.115. The van der Waals surface area contributed by atoms with E-state index in [9.17, 15) is 4.79 Å². The van der Waals surface area contributed by atoms with Crippen molar-refractivity contribution in [1.29, 1.82) is 0 Å². The molecule has 1 aromatic carbocycles. The maximum Gasteiger partial charge on any atom is 0.227 e. The van der Waals surface area contributed by atoms with E-state index < -0.39 is 0 Å². The molecule has 0 saturated heterocycles. The molecule has 0 aliphatic rings. The van der Waals surface area contributed by atoms with Crippen molar-refractivity contribution in [1.82, 2.24) is 15.0 Å². The van der Waals surface area contributed by atoms with Gasteiger partial charge in [-0.05, 0) is 24.3 Å². The van der Waals surface area contributed by atoms with Gasteiger partial charge in [0.1, 0.15) is 0 Å². The van der Waals surface area contributed by atoms with Crippen molar-refractivity contribution < 1.29 is 4.79 Å². The molecule has 0 radical (unpaired) electrons. The topological polar surface area (TPSA) is 91.8 Å². The highest BCUT2D eigenvalue weighted by Gasteiger charge is 2.07. The van der Waals surface area contributed by atoms with Crippen LogP contribution in [0.1, 0.15) is 6.92 Å². The summed E-state index contributed by atoms with van der Waals surface area (Å²) in [7, 11) is 1.83. The van der Waals surface area contributed by atoms with E-state index in [0.29, 0.717) is 11.6 Å². The Kier molecular flexibility index (Phi) is 4.66. The molecule has 0 unspecified atom stereocenters. The van der Waals surface area contributed by atoms with Gasteiger partial charge in [0.15, 0.2) is 5.13 Å². The minimum absolute atomic E-state index is 0.115. The third-order valence-corrected chi connectivity index (χ3v) is 4.10. The van der Waals surface area contributed by atoms with Crippen LogP contribution >= 0.6 is 11.3 Å². The number of rotatable bonds is 5. The van der Waals surface area contributed by atoms with Crippen molar-refractivity contribution in [3.63, 3.8) is 0 Å². The Morgan fingerprint density at radius 1 is 1.17 bits per heavy atom. The molecule has 0 aliphatic carbocycles. The molecule has 8 heteroatoms. The Morgan fingerprint density at radius 2 is 2.00 bits per heavy atom. The van der Waals surface area contributed by atoms with Crippen molar-refractivity contribution in [3.8, 4) is 10.6 Å². The van der Waals surface area contributed by atoms with E-state index in [-0.39, 0.29) is 5.91 Å². The van der Waals surface area contributed by atoms with Crippen molar-refractivity contribution in [2.24, 2.45) is 0 Å². The molecular weight excluding hydrogens is 324 g/mol. The number of hydrogen-bond acceptors (Lipinski definition) is 7. The third kappa shape index (κ3) is 3.85. The van der Waals surface area contributed by atoms with Gasteiger partial charge >= 0.3 is 0 Å². The average Bonchev–Trinajstić information content (AvgIpc) is 3.04. The molecule has 3 rings (SSSR count). The number of nitrogens with zero attached hydrogens (tertiary/aromatic N) is 3. The van der Waals surface area contributed by atoms with Gasteiger partial charge in [0, 0.05) is 37.7 Å². The van der Waals surface area contributed by atoms with E-state index in [1.165, 1.54) is 18.3 Å². The zero-order chi connectivity index (χ0) is 16.9. The minimum Gasteiger partial charge on any atom is -0.365 e. The van der Waals surface area contributed by atoms with Gasteiger partial charge < -0.3 is 16.0 Å². The number of thiazole rings is 1. The third-order valence-electron chi connectivity index (χ3n) is 3.07. The highest BCUT2D eigenvalue weighted by atomic mass is 32.1. The van der Waals surface area contributed by atoms with Crippen LogP contribution in [0.25, 0.3) is 10.6 Å². The monoisotopic (exact) mass is 340 g/mol. The molecule has 0 bridgehead atoms. The number of benzene rings is 1. The number of aromatic nitrogens is 3. The lowest BCUT2D eigenvalue weighted by Gasteiger charge is -2.08. The van der Waals surface area contributed by atoms with Crippen LogP contribution in [0.15, 0.2) is 42.7 Å². The van der Waals surface area contributed by atoms with Crippen molar-refractivity contribution >= 4 is 39.7 Å². The van der Waals surface area contributed by atoms with Crippen LogP contribution in [0.4, 0.5) is 22.5 Å². The molecule has 3 N–H and O–H groups in total. The molecule has 0 aliphatic heterocycles. The molecule has 7 nitrogen and oxygen atoms in total. The SMILES string of the molecule is CNc1ncc(-c2ccnc(Nc3cccc(NC(C)=O)c3)n2)s1. The quantitative estimate of drug-likeness (QED) is 0.660. The maximum atomic E-state index is 11.1. The molecular formula is C16H16N6OS. The highest BCUT2D eigenvalue weighted by molar-refractivity contribution is 7.18. The van der Waals surface area contributed by atoms with E-state index in [1.54, 1.807) is 12.4 Å². The lowest BCUT2D eigenvalue weighted by Crippen LogP contribution is -2.06. The molecule has 2 heterocycles. The van der Waals surface area contributed by atoms with E-state index in [4.69, 9.17) is 0 Å². The Balaban J connectivity index is 1.81. The molecule has 0 saturated carbocycles. The molecule has 0 fully saturated rings. The summed E-state index contributed by atoms with van der Waals surface area (Å²) in [6.07, 6.45) is 3.47. The average molecular weight is 340 g/mol. The van der Waals surface area contributed by atoms with Gasteiger partial charge in [-0.25, -0.2) is 15.0 Å². The smallest absolute Gasteiger partial charge is 0.227 e. The summed E-state index contributed by atoms with van der Waals surface area (Å²) in [4.78, 5) is 25.1. The fraction of sp³-hybridized carbons (Fsp3) is 0.125. The lowest BCUT2D eigenvalue weighted by atomic mass is 10.2. The number of hydrogen-bond donors (Lipinski definition) is 3. The standard InChI is InChI=1S/C16H16N6OS/c1-10(23)20-11-4-3-5-12(8-11)21-15-18-7-6-13(22-15)14-9-19-16(17-2)24-14/h3-9H,1-2H3,(H,17,19)(H,20,23)(H,18,21,22). The van der Waals surface area contributed by atoms with E-state index in [2.05, 4.69) is 30.9 Å². The summed E-state index contributed by atoms with van der Waals surface area (Å²) < 4.78 is 0. The first-order valence-electron chi connectivity index (χ1n) is 7.26. The van der Waals surface area contributed by atoms with Crippen LogP contribution in [0, 0.1) is 0 Å². The summed E-state index contributed by atoms with van der Waals surface area (Å²) in [6, 6.07) is 9.21. The van der Waals surface area contributed by atoms with Gasteiger partial charge in [0.05, 0.1) is 10.6 Å². The van der Waals surface area contributed by atoms with Crippen LogP contribution in [0.2, 0.25) is 0 Å². The van der Waals surface area contributed by atoms with Crippen molar-refractivity contribution in [2.75, 3.05) is 23.0 Å². The zero-order valence-corrected chi connectivity index (χ0v) is 14.0. The largest absolute Gasteiger partial charge is 0.365 e. The van der Waals surface area contributed by atoms with Crippen LogP contribution in [-0.4, -0.2) is 27.9 Å². The zero-order valence-electron chi connectivity index (χ0n) is 13.2. The number of nitrogens with one attached hydrogen (secondary N) is 3. The predicted octanol–water partition coefficient (Wildman–Crippen LogP) is 3.34. The molecule has 1 amide bonds. The summed E-state index contributed by atoms with van der Waals surface area (Å²) >= 11 is 1.52. The molecule has 24 heavy (non-hydrogen) atoms. The second-order valence-electron chi connectivity index (χ2n) is 4.93. The van der Waals surface area contributed by atoms with Gasteiger partial charge in [-0.15, -0.1) is 0 Å². The first-order valence-corrected chi connectivity index (χ1v) is 8.07. The van der Waals surface area contributed by atoms with E-state index in [0.717, 1.165) is 21.4 Å². The van der Waals surface area contributed by atoms with Crippen LogP contribution in [0.5, 0.6) is 0 Å². The van der Waals surface area contributed by atoms with Gasteiger partial charge in [-0.3, -0.25) is 4.79 Å². The van der Waals surface area contributed by atoms with Gasteiger partial charge in [0.25, 0.3) is 0 Å². The Labute approximate surface area is 143 Å². The van der Waals surface area contributed by atoms with Gasteiger partial charge in [-0.1, -0.05) is 17.4 Å². The summed E-state index contributed by atoms with van der Waals surface area (Å²) in [6.45, 7) is 1.47. The molecule has 0 spiro atoms. The molecule has 0 atom stereocenters. The number of carbonyl (C=O) groups is 1. The second-order valence-corrected chi connectivity index (χ2v) is 5.96. The normalized spacial score (nSPS) is 10.2. The Hall–Kier alpha value is -3.00. The Morgan fingerprint density at radius 3 is 2.75 bits per heavy atom. The second kappa shape index (κ2) is 7.05. The molecule has 2 aromatic heterocycles. The number of carbonyl (C=O) groups excluding carboxylic acids is 1. The van der Waals surface area contributed by atoms with Crippen LogP contribution < -0.4 is 16.0 Å². The van der Waals surface area contributed by atoms with Gasteiger partial charge in [-0.2, -0.15) is 0 Å². The first kappa shape index (κ1) is 15.9. The number of anilines is 4. The maximum absolute atomic E-state index is 11.1. The summed E-state index contributed by atoms with van der Waals surface area (Å²) in [5.74, 6) is 0.364. The fourth-order valence-electron chi connectivity index (χ4n) is 2.07. The van der Waals surface area contributed by atoms with Crippen LogP contribution in [-0.2, 0) is 4.79 Å². The molecule has 122 valence electrons. The summed E-state index contributed by atoms with van der Waals surface area (Å²) in [5, 5.41) is 9.73. The lowest BCUT2D eigenvalue weighted by molar-refractivity contribution is -0.114. The fourth-order valence-corrected chi connectivity index (χ4v) is 2.81. The van der Waals surface area contributed by atoms with Crippen LogP contribution in [0.3, 0.4) is 0 Å². The predicted molar refractivity (Wildman–Crippen MR) is 96.7 cm³/mol. The summed E-state index contributed by atoms with van der Waals surface area (Å²) in [5.41, 5.74) is 2.30. The van der Waals surface area contributed by atoms with E-state index in [1.807, 2.05) is 37.4 Å².